The second-order valence-electron chi connectivity index (χ2n) is 6.19. The summed E-state index contributed by atoms with van der Waals surface area (Å²) in [6, 6.07) is 15.6. The summed E-state index contributed by atoms with van der Waals surface area (Å²) in [7, 11) is 5.66. The molecule has 0 aliphatic carbocycles. The molecule has 2 aromatic rings. The van der Waals surface area contributed by atoms with Gasteiger partial charge >= 0.3 is 0 Å². The van der Waals surface area contributed by atoms with Gasteiger partial charge in [-0.3, -0.25) is 4.79 Å². The van der Waals surface area contributed by atoms with Gasteiger partial charge in [-0.2, -0.15) is 0 Å². The number of halogens is 1. The van der Waals surface area contributed by atoms with Crippen molar-refractivity contribution in [1.82, 2.24) is 10.2 Å². The number of carbonyl (C=O) groups is 1. The summed E-state index contributed by atoms with van der Waals surface area (Å²) < 4.78 is 5.29. The molecule has 0 heterocycles. The van der Waals surface area contributed by atoms with Crippen LogP contribution in [0, 0.1) is 0 Å². The number of nitrogens with zero attached hydrogens (tertiary/aromatic N) is 1. The molecule has 0 fully saturated rings. The van der Waals surface area contributed by atoms with Crippen LogP contribution in [0.2, 0.25) is 5.02 Å². The molecule has 0 aliphatic heterocycles. The summed E-state index contributed by atoms with van der Waals surface area (Å²) in [6.45, 7) is 0.550. The number of amides is 1. The van der Waals surface area contributed by atoms with Crippen molar-refractivity contribution < 1.29 is 9.53 Å². The fourth-order valence-corrected chi connectivity index (χ4v) is 2.91. The molecule has 0 spiro atoms. The number of nitrogens with one attached hydrogen (secondary N) is 1. The van der Waals surface area contributed by atoms with Crippen LogP contribution in [-0.4, -0.2) is 38.6 Å². The molecule has 134 valence electrons. The van der Waals surface area contributed by atoms with Crippen molar-refractivity contribution in [3.8, 4) is 5.75 Å². The summed E-state index contributed by atoms with van der Waals surface area (Å²) >= 11 is 5.97. The number of aryl methyl sites for hydroxylation is 1. The second-order valence-corrected chi connectivity index (χ2v) is 6.63. The highest BCUT2D eigenvalue weighted by atomic mass is 35.5. The minimum absolute atomic E-state index is 0.0368. The van der Waals surface area contributed by atoms with Crippen LogP contribution in [0.5, 0.6) is 5.75 Å². The molecule has 1 atom stereocenters. The highest BCUT2D eigenvalue weighted by molar-refractivity contribution is 6.30. The van der Waals surface area contributed by atoms with Crippen LogP contribution in [-0.2, 0) is 11.2 Å². The maximum Gasteiger partial charge on any atom is 0.220 e. The maximum absolute atomic E-state index is 12.2. The Morgan fingerprint density at radius 1 is 1.20 bits per heavy atom. The number of rotatable bonds is 8. The second kappa shape index (κ2) is 9.44. The first-order valence-corrected chi connectivity index (χ1v) is 8.69. The molecule has 0 saturated carbocycles. The van der Waals surface area contributed by atoms with Crippen LogP contribution in [0.1, 0.15) is 23.6 Å². The third-order valence-electron chi connectivity index (χ3n) is 4.12. The van der Waals surface area contributed by atoms with Crippen LogP contribution in [0.3, 0.4) is 0 Å². The van der Waals surface area contributed by atoms with E-state index in [9.17, 15) is 4.79 Å². The lowest BCUT2D eigenvalue weighted by Gasteiger charge is -2.25. The average molecular weight is 361 g/mol. The Bertz CT molecular complexity index is 704. The van der Waals surface area contributed by atoms with E-state index in [4.69, 9.17) is 16.3 Å². The fraction of sp³-hybridized carbons (Fsp3) is 0.350. The topological polar surface area (TPSA) is 41.6 Å². The lowest BCUT2D eigenvalue weighted by atomic mass is 10.1. The number of ether oxygens (including phenoxy) is 1. The van der Waals surface area contributed by atoms with Gasteiger partial charge in [-0.1, -0.05) is 35.9 Å². The van der Waals surface area contributed by atoms with Gasteiger partial charge in [-0.05, 0) is 55.9 Å². The normalized spacial score (nSPS) is 12.0. The van der Waals surface area contributed by atoms with Gasteiger partial charge in [-0.25, -0.2) is 0 Å². The largest absolute Gasteiger partial charge is 0.497 e. The van der Waals surface area contributed by atoms with Crippen molar-refractivity contribution >= 4 is 17.5 Å². The molecule has 0 aromatic heterocycles. The van der Waals surface area contributed by atoms with Crippen molar-refractivity contribution in [3.05, 3.63) is 64.7 Å². The Hall–Kier alpha value is -2.04. The van der Waals surface area contributed by atoms with E-state index in [1.165, 1.54) is 0 Å². The number of methoxy groups -OCH3 is 1. The number of hydrogen-bond donors (Lipinski definition) is 1. The Labute approximate surface area is 154 Å². The standard InChI is InChI=1S/C20H25ClN2O2/c1-23(2)19(16-7-5-9-18(13-16)25-3)14-22-20(24)11-10-15-6-4-8-17(21)12-15/h4-9,12-13,19H,10-11,14H2,1-3H3,(H,22,24). The van der Waals surface area contributed by atoms with Gasteiger partial charge in [0.2, 0.25) is 5.91 Å². The number of carbonyl (C=O) groups excluding carboxylic acids is 1. The number of likely N-dealkylation sites (N-methyl/N-ethyl adjacent to an activating group) is 1. The molecule has 2 aromatic carbocycles. The van der Waals surface area contributed by atoms with Gasteiger partial charge in [0.15, 0.2) is 0 Å². The monoisotopic (exact) mass is 360 g/mol. The third kappa shape index (κ3) is 6.07. The maximum atomic E-state index is 12.2. The van der Waals surface area contributed by atoms with Crippen molar-refractivity contribution in [1.29, 1.82) is 0 Å². The first-order chi connectivity index (χ1) is 12.0. The molecule has 1 amide bonds. The Morgan fingerprint density at radius 3 is 2.64 bits per heavy atom. The molecule has 5 heteroatoms. The molecule has 0 saturated heterocycles. The summed E-state index contributed by atoms with van der Waals surface area (Å²) in [4.78, 5) is 14.3. The fourth-order valence-electron chi connectivity index (χ4n) is 2.70. The van der Waals surface area contributed by atoms with Crippen molar-refractivity contribution in [2.45, 2.75) is 18.9 Å². The average Bonchev–Trinajstić information content (AvgIpc) is 2.60. The molecule has 0 radical (unpaired) electrons. The minimum Gasteiger partial charge on any atom is -0.497 e. The highest BCUT2D eigenvalue weighted by Gasteiger charge is 2.16. The van der Waals surface area contributed by atoms with Crippen LogP contribution in [0.15, 0.2) is 48.5 Å². The molecule has 1 unspecified atom stereocenters. The smallest absolute Gasteiger partial charge is 0.220 e. The Morgan fingerprint density at radius 2 is 1.96 bits per heavy atom. The Balaban J connectivity index is 1.90. The summed E-state index contributed by atoms with van der Waals surface area (Å²) in [5.74, 6) is 0.853. The quantitative estimate of drug-likeness (QED) is 0.780. The van der Waals surface area contributed by atoms with Crippen molar-refractivity contribution in [2.24, 2.45) is 0 Å². The van der Waals surface area contributed by atoms with Gasteiger partial charge in [-0.15, -0.1) is 0 Å². The summed E-state index contributed by atoms with van der Waals surface area (Å²) in [5, 5.41) is 3.73. The molecule has 0 bridgehead atoms. The lowest BCUT2D eigenvalue weighted by molar-refractivity contribution is -0.121. The molecule has 25 heavy (non-hydrogen) atoms. The zero-order chi connectivity index (χ0) is 18.2. The first-order valence-electron chi connectivity index (χ1n) is 8.31. The van der Waals surface area contributed by atoms with E-state index in [-0.39, 0.29) is 11.9 Å². The summed E-state index contributed by atoms with van der Waals surface area (Å²) in [5.41, 5.74) is 2.18. The van der Waals surface area contributed by atoms with E-state index in [0.717, 1.165) is 16.9 Å². The zero-order valence-electron chi connectivity index (χ0n) is 15.0. The number of benzene rings is 2. The van der Waals surface area contributed by atoms with E-state index in [0.29, 0.717) is 24.4 Å². The predicted molar refractivity (Wildman–Crippen MR) is 102 cm³/mol. The zero-order valence-corrected chi connectivity index (χ0v) is 15.7. The number of hydrogen-bond acceptors (Lipinski definition) is 3. The van der Waals surface area contributed by atoms with Crippen LogP contribution >= 0.6 is 11.6 Å². The summed E-state index contributed by atoms with van der Waals surface area (Å²) in [6.07, 6.45) is 1.12. The van der Waals surface area contributed by atoms with E-state index in [1.54, 1.807) is 7.11 Å². The SMILES string of the molecule is COc1cccc(C(CNC(=O)CCc2cccc(Cl)c2)N(C)C)c1. The molecule has 4 nitrogen and oxygen atoms in total. The molecule has 2 rings (SSSR count). The van der Waals surface area contributed by atoms with Gasteiger partial charge in [0, 0.05) is 18.0 Å². The minimum atomic E-state index is 0.0368. The van der Waals surface area contributed by atoms with Gasteiger partial charge < -0.3 is 15.0 Å². The third-order valence-corrected chi connectivity index (χ3v) is 4.36. The van der Waals surface area contributed by atoms with Gasteiger partial charge in [0.05, 0.1) is 13.2 Å². The van der Waals surface area contributed by atoms with E-state index in [1.807, 2.05) is 62.6 Å². The molecule has 1 N–H and O–H groups in total. The van der Waals surface area contributed by atoms with Crippen molar-refractivity contribution in [3.63, 3.8) is 0 Å². The van der Waals surface area contributed by atoms with E-state index < -0.39 is 0 Å². The lowest BCUT2D eigenvalue weighted by Crippen LogP contribution is -2.34. The molecular formula is C20H25ClN2O2. The molecule has 0 aliphatic rings. The highest BCUT2D eigenvalue weighted by Crippen LogP contribution is 2.22. The van der Waals surface area contributed by atoms with Gasteiger partial charge in [0.25, 0.3) is 0 Å². The van der Waals surface area contributed by atoms with E-state index in [2.05, 4.69) is 10.2 Å². The predicted octanol–water partition coefficient (Wildman–Crippen LogP) is 3.70. The first kappa shape index (κ1) is 19.3. The van der Waals surface area contributed by atoms with Crippen LogP contribution in [0.4, 0.5) is 0 Å². The molecular weight excluding hydrogens is 336 g/mol. The van der Waals surface area contributed by atoms with E-state index >= 15 is 0 Å². The van der Waals surface area contributed by atoms with Crippen molar-refractivity contribution in [2.75, 3.05) is 27.7 Å². The Kier molecular flexibility index (Phi) is 7.29. The van der Waals surface area contributed by atoms with Gasteiger partial charge in [0.1, 0.15) is 5.75 Å². The van der Waals surface area contributed by atoms with Crippen LogP contribution in [0.25, 0.3) is 0 Å². The van der Waals surface area contributed by atoms with Crippen LogP contribution < -0.4 is 10.1 Å².